The van der Waals surface area contributed by atoms with Crippen LogP contribution < -0.4 is 5.32 Å². The monoisotopic (exact) mass is 810 g/mol. The Bertz CT molecular complexity index is 796. The Kier molecular flexibility index (Phi) is 46.4. The highest BCUT2D eigenvalue weighted by Crippen LogP contribution is 2.14. The van der Waals surface area contributed by atoms with E-state index in [2.05, 4.69) is 31.0 Å². The molecule has 0 bridgehead atoms. The molecule has 57 heavy (non-hydrogen) atoms. The normalized spacial score (nSPS) is 11.6. The van der Waals surface area contributed by atoms with Crippen molar-refractivity contribution in [1.29, 1.82) is 0 Å². The van der Waals surface area contributed by atoms with Gasteiger partial charge in [-0.3, -0.25) is 9.59 Å². The largest absolute Gasteiger partial charge is 0.463 e. The number of ether oxygens (including phenoxy) is 2. The highest BCUT2D eigenvalue weighted by Gasteiger charge is 2.12. The van der Waals surface area contributed by atoms with Gasteiger partial charge >= 0.3 is 11.9 Å². The first-order valence-electron chi connectivity index (χ1n) is 25.1. The van der Waals surface area contributed by atoms with Crippen molar-refractivity contribution in [3.8, 4) is 0 Å². The maximum atomic E-state index is 12.4. The van der Waals surface area contributed by atoms with Crippen LogP contribution in [-0.2, 0) is 23.9 Å². The molecule has 0 aliphatic rings. The molecule has 340 valence electrons. The molecule has 0 aliphatic carbocycles. The zero-order valence-corrected chi connectivity index (χ0v) is 38.8. The molecule has 0 radical (unpaired) electrons. The van der Waals surface area contributed by atoms with Crippen LogP contribution in [0.4, 0.5) is 0 Å². The van der Waals surface area contributed by atoms with Gasteiger partial charge in [0.15, 0.2) is 0 Å². The van der Waals surface area contributed by atoms with Crippen LogP contribution in [0.3, 0.4) is 0 Å². The molecule has 0 fully saturated rings. The van der Waals surface area contributed by atoms with E-state index in [4.69, 9.17) is 14.3 Å². The Morgan fingerprint density at radius 1 is 0.404 bits per heavy atom. The molecule has 0 saturated carbocycles. The zero-order valence-electron chi connectivity index (χ0n) is 38.8. The van der Waals surface area contributed by atoms with E-state index in [0.29, 0.717) is 32.7 Å². The topological polar surface area (TPSA) is 80.3 Å². The molecule has 0 heterocycles. The lowest BCUT2D eigenvalue weighted by atomic mass is 10.1. The molecule has 0 aromatic heterocycles. The van der Waals surface area contributed by atoms with Gasteiger partial charge in [0.2, 0.25) is 0 Å². The number of hydroxylamine groups is 2. The van der Waals surface area contributed by atoms with Gasteiger partial charge in [-0.2, -0.15) is 0 Å². The van der Waals surface area contributed by atoms with Crippen LogP contribution in [0, 0.1) is 0 Å². The van der Waals surface area contributed by atoms with Crippen molar-refractivity contribution in [2.24, 2.45) is 0 Å². The van der Waals surface area contributed by atoms with Crippen LogP contribution in [0.25, 0.3) is 0 Å². The van der Waals surface area contributed by atoms with E-state index in [0.717, 1.165) is 71.1 Å². The minimum atomic E-state index is -0.105. The summed E-state index contributed by atoms with van der Waals surface area (Å²) in [4.78, 5) is 33.1. The Hall–Kier alpha value is -1.22. The minimum Gasteiger partial charge on any atom is -0.463 e. The van der Waals surface area contributed by atoms with Gasteiger partial charge < -0.3 is 24.5 Å². The lowest BCUT2D eigenvalue weighted by molar-refractivity contribution is -0.191. The zero-order chi connectivity index (χ0) is 41.5. The quantitative estimate of drug-likeness (QED) is 0.0370. The Morgan fingerprint density at radius 2 is 0.789 bits per heavy atom. The highest BCUT2D eigenvalue weighted by molar-refractivity contribution is 5.69. The summed E-state index contributed by atoms with van der Waals surface area (Å²) in [5, 5.41) is 5.03. The first-order chi connectivity index (χ1) is 28.1. The second kappa shape index (κ2) is 47.5. The molecule has 1 N–H and O–H groups in total. The van der Waals surface area contributed by atoms with E-state index in [1.807, 2.05) is 12.1 Å². The van der Waals surface area contributed by atoms with Crippen LogP contribution >= 0.6 is 0 Å². The van der Waals surface area contributed by atoms with Gasteiger partial charge in [-0.05, 0) is 65.2 Å². The number of carbonyl (C=O) groups is 2. The summed E-state index contributed by atoms with van der Waals surface area (Å²) in [6, 6.07) is 0. The van der Waals surface area contributed by atoms with E-state index in [1.54, 1.807) is 0 Å². The van der Waals surface area contributed by atoms with Crippen molar-refractivity contribution < 1.29 is 23.9 Å². The minimum absolute atomic E-state index is 0.0956. The average Bonchev–Trinajstić information content (AvgIpc) is 3.21. The molecular formula is C49H99N3O5. The molecule has 0 spiro atoms. The van der Waals surface area contributed by atoms with E-state index < -0.39 is 0 Å². The summed E-state index contributed by atoms with van der Waals surface area (Å²) in [5.41, 5.74) is 0. The summed E-state index contributed by atoms with van der Waals surface area (Å²) >= 11 is 0. The summed E-state index contributed by atoms with van der Waals surface area (Å²) in [6.45, 7) is 14.2. The van der Waals surface area contributed by atoms with Gasteiger partial charge in [-0.15, -0.1) is 5.06 Å². The van der Waals surface area contributed by atoms with Gasteiger partial charge in [0.1, 0.15) is 6.61 Å². The lowest BCUT2D eigenvalue weighted by Gasteiger charge is -2.22. The van der Waals surface area contributed by atoms with Gasteiger partial charge in [-0.1, -0.05) is 188 Å². The molecular weight excluding hydrogens is 711 g/mol. The molecule has 0 unspecified atom stereocenters. The number of unbranched alkanes of at least 4 members (excludes halogenated alkanes) is 27. The third-order valence-electron chi connectivity index (χ3n) is 11.3. The molecule has 0 rings (SSSR count). The Morgan fingerprint density at radius 3 is 1.23 bits per heavy atom. The fraction of sp³-hybridized carbons (Fsp3) is 0.959. The number of nitrogens with zero attached hydrogens (tertiary/aromatic N) is 2. The fourth-order valence-corrected chi connectivity index (χ4v) is 7.52. The molecule has 0 amide bonds. The van der Waals surface area contributed by atoms with Crippen LogP contribution in [-0.4, -0.2) is 88.0 Å². The van der Waals surface area contributed by atoms with Gasteiger partial charge in [-0.25, -0.2) is 0 Å². The number of esters is 1. The third kappa shape index (κ3) is 44.2. The first kappa shape index (κ1) is 55.8. The summed E-state index contributed by atoms with van der Waals surface area (Å²) in [5.74, 6) is -0.201. The summed E-state index contributed by atoms with van der Waals surface area (Å²) in [7, 11) is 1.91. The molecule has 8 heteroatoms. The molecule has 0 saturated heterocycles. The summed E-state index contributed by atoms with van der Waals surface area (Å²) in [6.07, 6.45) is 41.4. The van der Waals surface area contributed by atoms with Crippen LogP contribution in [0.5, 0.6) is 0 Å². The number of hydrogen-bond donors (Lipinski definition) is 1. The van der Waals surface area contributed by atoms with Crippen LogP contribution in [0.2, 0.25) is 0 Å². The highest BCUT2D eigenvalue weighted by atomic mass is 16.7. The smallest absolute Gasteiger partial charge is 0.325 e. The number of carbonyl (C=O) groups excluding carboxylic acids is 2. The maximum Gasteiger partial charge on any atom is 0.325 e. The number of rotatable bonds is 48. The SMILES string of the molecule is CCCCCCCCCCN(CCCCCCCCCC)CCOCCOC(=O)CCCCCCCCCN(CCCCCCCCCC)OC(=O)CCCNC. The van der Waals surface area contributed by atoms with E-state index >= 15 is 0 Å². The number of nitrogens with one attached hydrogen (secondary N) is 1. The molecule has 0 atom stereocenters. The fourth-order valence-electron chi connectivity index (χ4n) is 7.52. The van der Waals surface area contributed by atoms with Crippen molar-refractivity contribution in [1.82, 2.24) is 15.3 Å². The molecule has 0 aliphatic heterocycles. The number of hydrogen-bond acceptors (Lipinski definition) is 8. The molecule has 8 nitrogen and oxygen atoms in total. The predicted molar refractivity (Wildman–Crippen MR) is 244 cm³/mol. The van der Waals surface area contributed by atoms with Crippen molar-refractivity contribution in [2.75, 3.05) is 66.1 Å². The predicted octanol–water partition coefficient (Wildman–Crippen LogP) is 13.2. The van der Waals surface area contributed by atoms with Crippen molar-refractivity contribution >= 4 is 11.9 Å². The Balaban J connectivity index is 4.08. The van der Waals surface area contributed by atoms with Crippen LogP contribution in [0.1, 0.15) is 239 Å². The second-order valence-corrected chi connectivity index (χ2v) is 16.9. The van der Waals surface area contributed by atoms with Gasteiger partial charge in [0, 0.05) is 32.5 Å². The maximum absolute atomic E-state index is 12.4. The van der Waals surface area contributed by atoms with Gasteiger partial charge in [0.25, 0.3) is 0 Å². The second-order valence-electron chi connectivity index (χ2n) is 16.9. The van der Waals surface area contributed by atoms with E-state index in [-0.39, 0.29) is 11.9 Å². The van der Waals surface area contributed by atoms with E-state index in [9.17, 15) is 9.59 Å². The molecule has 0 aromatic carbocycles. The van der Waals surface area contributed by atoms with E-state index in [1.165, 1.54) is 174 Å². The standard InChI is InChI=1S/C49H99N3O5/c1-5-8-11-14-17-22-27-32-40-51(41-33-28-23-18-15-12-9-6-2)44-45-55-46-47-56-48(53)37-31-26-21-20-25-30-35-43-52(57-49(54)38-36-39-50-4)42-34-29-24-19-16-13-10-7-3/h50H,5-47H2,1-4H3. The lowest BCUT2D eigenvalue weighted by Crippen LogP contribution is -2.30. The third-order valence-corrected chi connectivity index (χ3v) is 11.3. The molecule has 0 aromatic rings. The first-order valence-corrected chi connectivity index (χ1v) is 25.1. The average molecular weight is 810 g/mol. The Labute approximate surface area is 355 Å². The summed E-state index contributed by atoms with van der Waals surface area (Å²) < 4.78 is 11.4. The van der Waals surface area contributed by atoms with Crippen molar-refractivity contribution in [3.63, 3.8) is 0 Å². The van der Waals surface area contributed by atoms with Gasteiger partial charge in [0.05, 0.1) is 13.2 Å². The van der Waals surface area contributed by atoms with Crippen molar-refractivity contribution in [3.05, 3.63) is 0 Å². The van der Waals surface area contributed by atoms with Crippen molar-refractivity contribution in [2.45, 2.75) is 239 Å². The van der Waals surface area contributed by atoms with Crippen LogP contribution in [0.15, 0.2) is 0 Å².